The molecule has 4 heteroatoms. The summed E-state index contributed by atoms with van der Waals surface area (Å²) in [5.74, 6) is -0.893. The number of aromatic amines is 1. The van der Waals surface area contributed by atoms with Gasteiger partial charge in [-0.3, -0.25) is 4.79 Å². The van der Waals surface area contributed by atoms with Crippen LogP contribution in [0.1, 0.15) is 18.9 Å². The number of nitrogens with two attached hydrogens (primary N) is 1. The second-order valence-electron chi connectivity index (χ2n) is 4.24. The van der Waals surface area contributed by atoms with Crippen LogP contribution in [0.3, 0.4) is 0 Å². The number of para-hydroxylation sites is 1. The van der Waals surface area contributed by atoms with Crippen molar-refractivity contribution in [3.8, 4) is 0 Å². The number of benzene rings is 1. The second-order valence-corrected chi connectivity index (χ2v) is 4.24. The zero-order chi connectivity index (χ0) is 11.8. The van der Waals surface area contributed by atoms with Crippen molar-refractivity contribution >= 4 is 16.9 Å². The number of carboxylic acid groups (broad SMARTS) is 1. The average molecular weight is 218 g/mol. The van der Waals surface area contributed by atoms with Crippen LogP contribution in [0.15, 0.2) is 30.5 Å². The fraction of sp³-hybridized carbons (Fsp3) is 0.250. The number of hydrogen-bond donors (Lipinski definition) is 3. The lowest BCUT2D eigenvalue weighted by Gasteiger charge is -2.21. The minimum Gasteiger partial charge on any atom is -0.481 e. The molecule has 1 aromatic heterocycles. The third kappa shape index (κ3) is 1.79. The van der Waals surface area contributed by atoms with E-state index in [4.69, 9.17) is 10.8 Å². The van der Waals surface area contributed by atoms with Gasteiger partial charge in [0.25, 0.3) is 0 Å². The van der Waals surface area contributed by atoms with Gasteiger partial charge in [0.05, 0.1) is 12.0 Å². The molecule has 4 nitrogen and oxygen atoms in total. The van der Waals surface area contributed by atoms with E-state index in [1.807, 2.05) is 24.3 Å². The lowest BCUT2D eigenvalue weighted by Crippen LogP contribution is -2.35. The molecule has 1 aromatic carbocycles. The van der Waals surface area contributed by atoms with Crippen LogP contribution in [0.2, 0.25) is 0 Å². The predicted molar refractivity (Wildman–Crippen MR) is 62.1 cm³/mol. The summed E-state index contributed by atoms with van der Waals surface area (Å²) in [4.78, 5) is 13.9. The van der Waals surface area contributed by atoms with Crippen molar-refractivity contribution in [1.82, 2.24) is 4.98 Å². The molecule has 2 rings (SSSR count). The number of fused-ring (bicyclic) bond motifs is 1. The molecule has 0 saturated heterocycles. The molecule has 0 bridgehead atoms. The van der Waals surface area contributed by atoms with E-state index < -0.39 is 11.5 Å². The summed E-state index contributed by atoms with van der Waals surface area (Å²) in [6, 6.07) is 7.72. The number of nitrogens with one attached hydrogen (secondary N) is 1. The van der Waals surface area contributed by atoms with Crippen LogP contribution in [0.5, 0.6) is 0 Å². The third-order valence-corrected chi connectivity index (χ3v) is 2.72. The van der Waals surface area contributed by atoms with Crippen LogP contribution in [0.4, 0.5) is 0 Å². The number of carbonyl (C=O) groups is 1. The molecule has 0 radical (unpaired) electrons. The van der Waals surface area contributed by atoms with Crippen molar-refractivity contribution < 1.29 is 9.90 Å². The van der Waals surface area contributed by atoms with Crippen molar-refractivity contribution in [2.75, 3.05) is 0 Å². The molecular weight excluding hydrogens is 204 g/mol. The molecule has 4 N–H and O–H groups in total. The molecule has 1 unspecified atom stereocenters. The van der Waals surface area contributed by atoms with Gasteiger partial charge in [-0.25, -0.2) is 0 Å². The van der Waals surface area contributed by atoms with Crippen molar-refractivity contribution in [3.05, 3.63) is 36.0 Å². The Labute approximate surface area is 93.1 Å². The van der Waals surface area contributed by atoms with Crippen LogP contribution >= 0.6 is 0 Å². The molecule has 84 valence electrons. The van der Waals surface area contributed by atoms with E-state index in [0.717, 1.165) is 16.5 Å². The molecule has 1 atom stereocenters. The highest BCUT2D eigenvalue weighted by Gasteiger charge is 2.27. The van der Waals surface area contributed by atoms with E-state index in [0.29, 0.717) is 0 Å². The molecule has 0 aliphatic rings. The molecule has 0 aliphatic heterocycles. The number of hydrogen-bond acceptors (Lipinski definition) is 2. The smallest absolute Gasteiger partial charge is 0.305 e. The highest BCUT2D eigenvalue weighted by atomic mass is 16.4. The van der Waals surface area contributed by atoms with Crippen LogP contribution < -0.4 is 5.73 Å². The van der Waals surface area contributed by atoms with E-state index in [1.165, 1.54) is 0 Å². The van der Waals surface area contributed by atoms with Gasteiger partial charge in [0.2, 0.25) is 0 Å². The first-order chi connectivity index (χ1) is 7.50. The first-order valence-corrected chi connectivity index (χ1v) is 5.08. The van der Waals surface area contributed by atoms with E-state index in [2.05, 4.69) is 4.98 Å². The maximum atomic E-state index is 10.8. The Balaban J connectivity index is 2.50. The fourth-order valence-electron chi connectivity index (χ4n) is 1.95. The zero-order valence-corrected chi connectivity index (χ0v) is 9.03. The van der Waals surface area contributed by atoms with E-state index in [9.17, 15) is 4.79 Å². The zero-order valence-electron chi connectivity index (χ0n) is 9.03. The number of aliphatic carboxylic acids is 1. The Bertz CT molecular complexity index is 529. The van der Waals surface area contributed by atoms with Gasteiger partial charge < -0.3 is 15.8 Å². The number of carboxylic acids is 1. The SMILES string of the molecule is CC(N)(CC(=O)O)c1c[nH]c2ccccc12. The lowest BCUT2D eigenvalue weighted by molar-refractivity contribution is -0.138. The van der Waals surface area contributed by atoms with Gasteiger partial charge in [0.15, 0.2) is 0 Å². The molecule has 0 spiro atoms. The molecule has 2 aromatic rings. The van der Waals surface area contributed by atoms with Gasteiger partial charge in [-0.2, -0.15) is 0 Å². The lowest BCUT2D eigenvalue weighted by atomic mass is 9.89. The fourth-order valence-corrected chi connectivity index (χ4v) is 1.95. The van der Waals surface area contributed by atoms with Gasteiger partial charge in [0, 0.05) is 17.1 Å². The van der Waals surface area contributed by atoms with Crippen LogP contribution in [-0.2, 0) is 10.3 Å². The monoisotopic (exact) mass is 218 g/mol. The maximum Gasteiger partial charge on any atom is 0.305 e. The minimum atomic E-state index is -0.893. The minimum absolute atomic E-state index is 0.0884. The molecular formula is C12H14N2O2. The van der Waals surface area contributed by atoms with E-state index in [-0.39, 0.29) is 6.42 Å². The standard InChI is InChI=1S/C12H14N2O2/c1-12(13,6-11(15)16)9-7-14-10-5-3-2-4-8(9)10/h2-5,7,14H,6,13H2,1H3,(H,15,16). The first kappa shape index (κ1) is 10.7. The van der Waals surface area contributed by atoms with E-state index >= 15 is 0 Å². The summed E-state index contributed by atoms with van der Waals surface area (Å²) in [5.41, 5.74) is 7.00. The Morgan fingerprint density at radius 1 is 1.50 bits per heavy atom. The van der Waals surface area contributed by atoms with Crippen LogP contribution in [0, 0.1) is 0 Å². The second kappa shape index (κ2) is 3.64. The summed E-state index contributed by atoms with van der Waals surface area (Å²) in [5, 5.41) is 9.81. The summed E-state index contributed by atoms with van der Waals surface area (Å²) >= 11 is 0. The predicted octanol–water partition coefficient (Wildman–Crippen LogP) is 1.82. The third-order valence-electron chi connectivity index (χ3n) is 2.72. The van der Waals surface area contributed by atoms with Crippen molar-refractivity contribution in [2.24, 2.45) is 5.73 Å². The molecule has 1 heterocycles. The highest BCUT2D eigenvalue weighted by molar-refractivity contribution is 5.85. The largest absolute Gasteiger partial charge is 0.481 e. The summed E-state index contributed by atoms with van der Waals surface area (Å²) in [6.45, 7) is 1.73. The normalized spacial score (nSPS) is 14.9. The van der Waals surface area contributed by atoms with Crippen molar-refractivity contribution in [2.45, 2.75) is 18.9 Å². The topological polar surface area (TPSA) is 79.1 Å². The summed E-state index contributed by atoms with van der Waals surface area (Å²) in [6.07, 6.45) is 1.70. The molecule has 0 fully saturated rings. The highest BCUT2D eigenvalue weighted by Crippen LogP contribution is 2.28. The Hall–Kier alpha value is -1.81. The molecule has 16 heavy (non-hydrogen) atoms. The number of rotatable bonds is 3. The Morgan fingerprint density at radius 3 is 2.88 bits per heavy atom. The average Bonchev–Trinajstić information content (AvgIpc) is 2.59. The Morgan fingerprint density at radius 2 is 2.19 bits per heavy atom. The quantitative estimate of drug-likeness (QED) is 0.735. The van der Waals surface area contributed by atoms with E-state index in [1.54, 1.807) is 13.1 Å². The van der Waals surface area contributed by atoms with Crippen molar-refractivity contribution in [3.63, 3.8) is 0 Å². The molecule has 0 saturated carbocycles. The van der Waals surface area contributed by atoms with Crippen LogP contribution in [0.25, 0.3) is 10.9 Å². The van der Waals surface area contributed by atoms with Gasteiger partial charge in [-0.1, -0.05) is 18.2 Å². The summed E-state index contributed by atoms with van der Waals surface area (Å²) in [7, 11) is 0. The first-order valence-electron chi connectivity index (χ1n) is 5.08. The maximum absolute atomic E-state index is 10.8. The number of H-pyrrole nitrogens is 1. The van der Waals surface area contributed by atoms with Gasteiger partial charge in [-0.05, 0) is 18.6 Å². The molecule has 0 amide bonds. The van der Waals surface area contributed by atoms with Gasteiger partial charge in [-0.15, -0.1) is 0 Å². The Kier molecular flexibility index (Phi) is 2.44. The summed E-state index contributed by atoms with van der Waals surface area (Å²) < 4.78 is 0. The molecule has 0 aliphatic carbocycles. The van der Waals surface area contributed by atoms with Gasteiger partial charge >= 0.3 is 5.97 Å². The van der Waals surface area contributed by atoms with Crippen molar-refractivity contribution in [1.29, 1.82) is 0 Å². The van der Waals surface area contributed by atoms with Gasteiger partial charge in [0.1, 0.15) is 0 Å². The number of aromatic nitrogens is 1. The van der Waals surface area contributed by atoms with Crippen LogP contribution in [-0.4, -0.2) is 16.1 Å².